The molecule has 0 unspecified atom stereocenters. The molecule has 3 rings (SSSR count). The third-order valence-corrected chi connectivity index (χ3v) is 6.30. The van der Waals surface area contributed by atoms with Crippen molar-refractivity contribution in [3.05, 3.63) is 66.2 Å². The first-order valence-electron chi connectivity index (χ1n) is 7.57. The van der Waals surface area contributed by atoms with Crippen molar-refractivity contribution in [3.8, 4) is 0 Å². The van der Waals surface area contributed by atoms with Gasteiger partial charge in [-0.1, -0.05) is 24.3 Å². The van der Waals surface area contributed by atoms with E-state index in [-0.39, 0.29) is 0 Å². The summed E-state index contributed by atoms with van der Waals surface area (Å²) >= 11 is 1.56. The van der Waals surface area contributed by atoms with Crippen molar-refractivity contribution in [3.63, 3.8) is 0 Å². The number of anilines is 1. The zero-order valence-corrected chi connectivity index (χ0v) is 14.4. The van der Waals surface area contributed by atoms with Crippen molar-refractivity contribution < 1.29 is 8.42 Å². The largest absolute Gasteiger partial charge is 0.278 e. The normalized spacial score (nSPS) is 13.6. The van der Waals surface area contributed by atoms with Crippen molar-refractivity contribution in [2.75, 3.05) is 10.5 Å². The van der Waals surface area contributed by atoms with Gasteiger partial charge in [-0.15, -0.1) is 18.3 Å². The molecule has 0 aliphatic heterocycles. The molecule has 2 aromatic rings. The summed E-state index contributed by atoms with van der Waals surface area (Å²) in [7, 11) is -3.57. The first-order chi connectivity index (χ1) is 11.1. The van der Waals surface area contributed by atoms with Crippen molar-refractivity contribution in [2.24, 2.45) is 0 Å². The summed E-state index contributed by atoms with van der Waals surface area (Å²) in [6.07, 6.45) is 4.91. The maximum Gasteiger partial charge on any atom is 0.261 e. The van der Waals surface area contributed by atoms with Crippen molar-refractivity contribution in [1.29, 1.82) is 0 Å². The summed E-state index contributed by atoms with van der Waals surface area (Å²) in [5.41, 5.74) is 3.04. The fraction of sp³-hybridized carbons (Fsp3) is 0.222. The van der Waals surface area contributed by atoms with Gasteiger partial charge in [0.1, 0.15) is 0 Å². The fourth-order valence-corrected chi connectivity index (χ4v) is 4.69. The Balaban J connectivity index is 1.88. The number of benzene rings is 2. The van der Waals surface area contributed by atoms with Crippen LogP contribution in [0, 0.1) is 0 Å². The molecule has 0 radical (unpaired) electrons. The van der Waals surface area contributed by atoms with E-state index in [1.807, 2.05) is 30.3 Å². The molecule has 5 heteroatoms. The molecular weight excluding hydrogens is 326 g/mol. The zero-order valence-electron chi connectivity index (χ0n) is 12.8. The second kappa shape index (κ2) is 6.81. The summed E-state index contributed by atoms with van der Waals surface area (Å²) in [4.78, 5) is 1.24. The zero-order chi connectivity index (χ0) is 16.3. The minimum absolute atomic E-state index is 0.335. The molecule has 2 aromatic carbocycles. The molecule has 1 aliphatic carbocycles. The molecule has 3 nitrogen and oxygen atoms in total. The number of rotatable bonds is 6. The molecule has 0 saturated carbocycles. The van der Waals surface area contributed by atoms with Gasteiger partial charge in [-0.3, -0.25) is 4.72 Å². The number of sulfonamides is 1. The summed E-state index contributed by atoms with van der Waals surface area (Å²) in [6, 6.07) is 12.9. The lowest BCUT2D eigenvalue weighted by Gasteiger charge is -2.12. The molecule has 23 heavy (non-hydrogen) atoms. The third kappa shape index (κ3) is 3.62. The van der Waals surface area contributed by atoms with Crippen molar-refractivity contribution in [1.82, 2.24) is 0 Å². The standard InChI is InChI=1S/C18H19NO2S2/c1-2-12-22-18-9-4-3-8-17(18)19-23(20,21)16-11-10-14-6-5-7-15(14)13-16/h2-4,8-11,13,19H,1,5-7,12H2. The van der Waals surface area contributed by atoms with Gasteiger partial charge in [-0.25, -0.2) is 8.42 Å². The maximum absolute atomic E-state index is 12.7. The van der Waals surface area contributed by atoms with Crippen LogP contribution in [-0.2, 0) is 22.9 Å². The number of nitrogens with one attached hydrogen (secondary N) is 1. The first kappa shape index (κ1) is 16.1. The maximum atomic E-state index is 12.7. The molecule has 0 spiro atoms. The van der Waals surface area contributed by atoms with E-state index >= 15 is 0 Å². The Kier molecular flexibility index (Phi) is 4.78. The molecule has 0 saturated heterocycles. The highest BCUT2D eigenvalue weighted by Gasteiger charge is 2.19. The van der Waals surface area contributed by atoms with E-state index in [9.17, 15) is 8.42 Å². The van der Waals surface area contributed by atoms with Crippen LogP contribution in [0.25, 0.3) is 0 Å². The summed E-state index contributed by atoms with van der Waals surface area (Å²) in [5.74, 6) is 0.734. The second-order valence-corrected chi connectivity index (χ2v) is 8.23. The Morgan fingerprint density at radius 1 is 1.13 bits per heavy atom. The highest BCUT2D eigenvalue weighted by atomic mass is 32.2. The monoisotopic (exact) mass is 345 g/mol. The van der Waals surface area contributed by atoms with Crippen LogP contribution < -0.4 is 4.72 Å². The minimum Gasteiger partial charge on any atom is -0.278 e. The predicted molar refractivity (Wildman–Crippen MR) is 96.6 cm³/mol. The van der Waals surface area contributed by atoms with E-state index < -0.39 is 10.0 Å². The van der Waals surface area contributed by atoms with Crippen LogP contribution in [0.3, 0.4) is 0 Å². The van der Waals surface area contributed by atoms with Crippen LogP contribution in [0.1, 0.15) is 17.5 Å². The Morgan fingerprint density at radius 2 is 1.91 bits per heavy atom. The van der Waals surface area contributed by atoms with Gasteiger partial charge in [0.15, 0.2) is 0 Å². The molecule has 0 amide bonds. The Morgan fingerprint density at radius 3 is 2.74 bits per heavy atom. The van der Waals surface area contributed by atoms with Crippen molar-refractivity contribution >= 4 is 27.5 Å². The van der Waals surface area contributed by atoms with Gasteiger partial charge in [0.2, 0.25) is 0 Å². The molecule has 1 aliphatic rings. The van der Waals surface area contributed by atoms with Crippen LogP contribution in [0.5, 0.6) is 0 Å². The second-order valence-electron chi connectivity index (χ2n) is 5.49. The topological polar surface area (TPSA) is 46.2 Å². The number of aryl methyl sites for hydroxylation is 2. The third-order valence-electron chi connectivity index (χ3n) is 3.87. The summed E-state index contributed by atoms with van der Waals surface area (Å²) in [6.45, 7) is 3.70. The highest BCUT2D eigenvalue weighted by molar-refractivity contribution is 7.99. The van der Waals surface area contributed by atoms with E-state index in [0.717, 1.165) is 35.5 Å². The van der Waals surface area contributed by atoms with Gasteiger partial charge >= 0.3 is 0 Å². The van der Waals surface area contributed by atoms with Crippen LogP contribution in [0.4, 0.5) is 5.69 Å². The van der Waals surface area contributed by atoms with E-state index in [1.165, 1.54) is 5.56 Å². The van der Waals surface area contributed by atoms with Crippen molar-refractivity contribution in [2.45, 2.75) is 29.1 Å². The van der Waals surface area contributed by atoms with Crippen LogP contribution in [0.2, 0.25) is 0 Å². The molecule has 0 atom stereocenters. The van der Waals surface area contributed by atoms with Gasteiger partial charge in [-0.05, 0) is 54.7 Å². The number of fused-ring (bicyclic) bond motifs is 1. The SMILES string of the molecule is C=CCSc1ccccc1NS(=O)(=O)c1ccc2c(c1)CCC2. The first-order valence-corrected chi connectivity index (χ1v) is 10.0. The Bertz CT molecular complexity index is 829. The number of hydrogen-bond donors (Lipinski definition) is 1. The quantitative estimate of drug-likeness (QED) is 0.629. The predicted octanol–water partition coefficient (Wildman–Crippen LogP) is 4.25. The van der Waals surface area contributed by atoms with Gasteiger partial charge in [0, 0.05) is 10.6 Å². The number of para-hydroxylation sites is 1. The average molecular weight is 345 g/mol. The molecule has 0 fully saturated rings. The molecule has 1 N–H and O–H groups in total. The lowest BCUT2D eigenvalue weighted by Crippen LogP contribution is -2.14. The average Bonchev–Trinajstić information content (AvgIpc) is 3.01. The van der Waals surface area contributed by atoms with E-state index in [1.54, 1.807) is 30.0 Å². The molecule has 0 heterocycles. The van der Waals surface area contributed by atoms with E-state index in [2.05, 4.69) is 11.3 Å². The molecular formula is C18H19NO2S2. The fourth-order valence-electron chi connectivity index (χ4n) is 2.74. The smallest absolute Gasteiger partial charge is 0.261 e. The van der Waals surface area contributed by atoms with Gasteiger partial charge in [-0.2, -0.15) is 0 Å². The van der Waals surface area contributed by atoms with E-state index in [0.29, 0.717) is 10.6 Å². The lowest BCUT2D eigenvalue weighted by atomic mass is 10.1. The summed E-state index contributed by atoms with van der Waals surface area (Å²) < 4.78 is 28.1. The van der Waals surface area contributed by atoms with E-state index in [4.69, 9.17) is 0 Å². The van der Waals surface area contributed by atoms with Gasteiger partial charge in [0.25, 0.3) is 10.0 Å². The highest BCUT2D eigenvalue weighted by Crippen LogP contribution is 2.30. The Labute approximate surface area is 141 Å². The van der Waals surface area contributed by atoms with Crippen LogP contribution in [-0.4, -0.2) is 14.2 Å². The van der Waals surface area contributed by atoms with Gasteiger partial charge < -0.3 is 0 Å². The van der Waals surface area contributed by atoms with Gasteiger partial charge in [0.05, 0.1) is 10.6 Å². The lowest BCUT2D eigenvalue weighted by molar-refractivity contribution is 0.601. The molecule has 120 valence electrons. The molecule has 0 aromatic heterocycles. The van der Waals surface area contributed by atoms with Crippen LogP contribution in [0.15, 0.2) is 64.9 Å². The Hall–Kier alpha value is -1.72. The number of hydrogen-bond acceptors (Lipinski definition) is 3. The minimum atomic E-state index is -3.57. The summed E-state index contributed by atoms with van der Waals surface area (Å²) in [5, 5.41) is 0. The molecule has 0 bridgehead atoms. The van der Waals surface area contributed by atoms with Crippen LogP contribution >= 0.6 is 11.8 Å². The number of thioether (sulfide) groups is 1.